The Bertz CT molecular complexity index is 366. The first-order valence-electron chi connectivity index (χ1n) is 6.10. The summed E-state index contributed by atoms with van der Waals surface area (Å²) in [5, 5.41) is 3.00. The molecule has 0 amide bonds. The Labute approximate surface area is 107 Å². The number of nitrogens with two attached hydrogens (primary N) is 1. The van der Waals surface area contributed by atoms with Crippen LogP contribution in [0.15, 0.2) is 5.38 Å². The van der Waals surface area contributed by atoms with E-state index in [1.165, 1.54) is 0 Å². The number of ketones is 1. The van der Waals surface area contributed by atoms with Crippen LogP contribution >= 0.6 is 11.3 Å². The van der Waals surface area contributed by atoms with Crippen molar-refractivity contribution in [3.63, 3.8) is 0 Å². The van der Waals surface area contributed by atoms with Crippen molar-refractivity contribution in [2.75, 3.05) is 6.54 Å². The molecule has 0 atom stereocenters. The number of nitrogens with zero attached hydrogens (tertiary/aromatic N) is 1. The molecule has 0 unspecified atom stereocenters. The van der Waals surface area contributed by atoms with Gasteiger partial charge in [0.2, 0.25) is 0 Å². The molecule has 0 aliphatic carbocycles. The van der Waals surface area contributed by atoms with Crippen molar-refractivity contribution in [1.29, 1.82) is 0 Å². The van der Waals surface area contributed by atoms with Gasteiger partial charge in [-0.05, 0) is 19.4 Å². The standard InChI is InChI=1S/C13H22N2OS/c1-13(2,3)11-9-17-12(15-11)8-10(16)6-4-5-7-14/h9H,4-8,14H2,1-3H3. The van der Waals surface area contributed by atoms with Crippen molar-refractivity contribution in [1.82, 2.24) is 4.98 Å². The summed E-state index contributed by atoms with van der Waals surface area (Å²) >= 11 is 1.59. The van der Waals surface area contributed by atoms with Crippen LogP contribution in [0.25, 0.3) is 0 Å². The molecule has 0 saturated heterocycles. The van der Waals surface area contributed by atoms with Crippen molar-refractivity contribution in [3.8, 4) is 0 Å². The second-order valence-electron chi connectivity index (χ2n) is 5.34. The maximum atomic E-state index is 11.7. The first-order valence-corrected chi connectivity index (χ1v) is 6.98. The molecule has 0 fully saturated rings. The van der Waals surface area contributed by atoms with Gasteiger partial charge < -0.3 is 5.73 Å². The smallest absolute Gasteiger partial charge is 0.139 e. The molecule has 3 nitrogen and oxygen atoms in total. The number of unbranched alkanes of at least 4 members (excludes halogenated alkanes) is 1. The average molecular weight is 254 g/mol. The highest BCUT2D eigenvalue weighted by atomic mass is 32.1. The van der Waals surface area contributed by atoms with Crippen LogP contribution in [0, 0.1) is 0 Å². The zero-order chi connectivity index (χ0) is 12.9. The van der Waals surface area contributed by atoms with Gasteiger partial charge >= 0.3 is 0 Å². The summed E-state index contributed by atoms with van der Waals surface area (Å²) in [4.78, 5) is 16.2. The molecule has 2 N–H and O–H groups in total. The lowest BCUT2D eigenvalue weighted by molar-refractivity contribution is -0.118. The normalized spacial score (nSPS) is 11.8. The first-order chi connectivity index (χ1) is 7.93. The molecule has 1 aromatic heterocycles. The molecule has 0 bridgehead atoms. The highest BCUT2D eigenvalue weighted by Gasteiger charge is 2.18. The van der Waals surface area contributed by atoms with Crippen LogP contribution in [0.5, 0.6) is 0 Å². The van der Waals surface area contributed by atoms with Gasteiger partial charge in [-0.1, -0.05) is 20.8 Å². The number of hydrogen-bond donors (Lipinski definition) is 1. The zero-order valence-corrected chi connectivity index (χ0v) is 11.8. The Balaban J connectivity index is 2.46. The molecule has 0 spiro atoms. The zero-order valence-electron chi connectivity index (χ0n) is 11.0. The van der Waals surface area contributed by atoms with E-state index in [4.69, 9.17) is 5.73 Å². The second kappa shape index (κ2) is 6.26. The van der Waals surface area contributed by atoms with E-state index >= 15 is 0 Å². The van der Waals surface area contributed by atoms with E-state index in [-0.39, 0.29) is 11.2 Å². The van der Waals surface area contributed by atoms with Gasteiger partial charge in [0.15, 0.2) is 0 Å². The molecule has 4 heteroatoms. The van der Waals surface area contributed by atoms with Gasteiger partial charge in [-0.15, -0.1) is 11.3 Å². The Morgan fingerprint density at radius 1 is 1.41 bits per heavy atom. The van der Waals surface area contributed by atoms with E-state index in [1.807, 2.05) is 0 Å². The fourth-order valence-electron chi connectivity index (χ4n) is 1.46. The van der Waals surface area contributed by atoms with E-state index in [0.717, 1.165) is 23.5 Å². The highest BCUT2D eigenvalue weighted by Crippen LogP contribution is 2.24. The van der Waals surface area contributed by atoms with E-state index in [1.54, 1.807) is 11.3 Å². The third-order valence-corrected chi connectivity index (χ3v) is 3.43. The molecule has 1 aromatic rings. The third-order valence-electron chi connectivity index (χ3n) is 2.58. The lowest BCUT2D eigenvalue weighted by Crippen LogP contribution is -2.12. The number of Topliss-reactive ketones (excluding diaryl/α,β-unsaturated/α-hetero) is 1. The minimum absolute atomic E-state index is 0.0668. The van der Waals surface area contributed by atoms with Crippen LogP contribution in [0.2, 0.25) is 0 Å². The molecule has 0 saturated carbocycles. The van der Waals surface area contributed by atoms with Crippen LogP contribution in [-0.4, -0.2) is 17.3 Å². The predicted octanol–water partition coefficient (Wildman–Crippen LogP) is 2.68. The monoisotopic (exact) mass is 254 g/mol. The molecular formula is C13H22N2OS. The van der Waals surface area contributed by atoms with Crippen LogP contribution in [-0.2, 0) is 16.6 Å². The van der Waals surface area contributed by atoms with Crippen molar-refractivity contribution in [2.24, 2.45) is 5.73 Å². The third kappa shape index (κ3) is 4.96. The maximum absolute atomic E-state index is 11.7. The number of thiazole rings is 1. The summed E-state index contributed by atoms with van der Waals surface area (Å²) in [6, 6.07) is 0. The van der Waals surface area contributed by atoms with Crippen LogP contribution < -0.4 is 5.73 Å². The molecule has 17 heavy (non-hydrogen) atoms. The summed E-state index contributed by atoms with van der Waals surface area (Å²) in [5.74, 6) is 0.272. The van der Waals surface area contributed by atoms with Crippen molar-refractivity contribution in [3.05, 3.63) is 16.1 Å². The molecule has 0 aliphatic rings. The van der Waals surface area contributed by atoms with Crippen molar-refractivity contribution in [2.45, 2.75) is 51.9 Å². The number of aromatic nitrogens is 1. The first kappa shape index (κ1) is 14.3. The van der Waals surface area contributed by atoms with Gasteiger partial charge in [-0.2, -0.15) is 0 Å². The maximum Gasteiger partial charge on any atom is 0.139 e. The van der Waals surface area contributed by atoms with Crippen molar-refractivity contribution < 1.29 is 4.79 Å². The minimum atomic E-state index is 0.0668. The van der Waals surface area contributed by atoms with Crippen LogP contribution in [0.4, 0.5) is 0 Å². The second-order valence-corrected chi connectivity index (χ2v) is 6.28. The minimum Gasteiger partial charge on any atom is -0.330 e. The molecular weight excluding hydrogens is 232 g/mol. The summed E-state index contributed by atoms with van der Waals surface area (Å²) in [6.07, 6.45) is 2.93. The van der Waals surface area contributed by atoms with E-state index in [2.05, 4.69) is 31.1 Å². The van der Waals surface area contributed by atoms with E-state index < -0.39 is 0 Å². The van der Waals surface area contributed by atoms with Gasteiger partial charge in [0, 0.05) is 17.2 Å². The summed E-state index contributed by atoms with van der Waals surface area (Å²) < 4.78 is 0. The Morgan fingerprint density at radius 3 is 2.65 bits per heavy atom. The summed E-state index contributed by atoms with van der Waals surface area (Å²) in [7, 11) is 0. The van der Waals surface area contributed by atoms with E-state index in [0.29, 0.717) is 19.4 Å². The van der Waals surface area contributed by atoms with Gasteiger partial charge in [0.05, 0.1) is 12.1 Å². The predicted molar refractivity (Wildman–Crippen MR) is 72.4 cm³/mol. The lowest BCUT2D eigenvalue weighted by atomic mass is 9.93. The Morgan fingerprint density at radius 2 is 2.12 bits per heavy atom. The fraction of sp³-hybridized carbons (Fsp3) is 0.692. The molecule has 0 radical (unpaired) electrons. The van der Waals surface area contributed by atoms with Gasteiger partial charge in [0.25, 0.3) is 0 Å². The van der Waals surface area contributed by atoms with Crippen molar-refractivity contribution >= 4 is 17.1 Å². The van der Waals surface area contributed by atoms with Gasteiger partial charge in [-0.3, -0.25) is 4.79 Å². The largest absolute Gasteiger partial charge is 0.330 e. The summed E-state index contributed by atoms with van der Waals surface area (Å²) in [5.41, 5.74) is 6.54. The van der Waals surface area contributed by atoms with Crippen LogP contribution in [0.3, 0.4) is 0 Å². The SMILES string of the molecule is CC(C)(C)c1csc(CC(=O)CCCCN)n1. The number of hydrogen-bond acceptors (Lipinski definition) is 4. The fourth-order valence-corrected chi connectivity index (χ4v) is 2.51. The topological polar surface area (TPSA) is 56.0 Å². The Hall–Kier alpha value is -0.740. The Kier molecular flexibility index (Phi) is 5.28. The quantitative estimate of drug-likeness (QED) is 0.794. The summed E-state index contributed by atoms with van der Waals surface area (Å²) in [6.45, 7) is 7.07. The molecule has 1 rings (SSSR count). The molecule has 0 aliphatic heterocycles. The highest BCUT2D eigenvalue weighted by molar-refractivity contribution is 7.09. The molecule has 96 valence electrons. The van der Waals surface area contributed by atoms with Gasteiger partial charge in [-0.25, -0.2) is 4.98 Å². The van der Waals surface area contributed by atoms with Crippen LogP contribution in [0.1, 0.15) is 50.7 Å². The average Bonchev–Trinajstić information content (AvgIpc) is 2.66. The van der Waals surface area contributed by atoms with Gasteiger partial charge in [0.1, 0.15) is 10.8 Å². The number of carbonyl (C=O) groups excluding carboxylic acids is 1. The number of carbonyl (C=O) groups is 1. The number of rotatable bonds is 6. The lowest BCUT2D eigenvalue weighted by Gasteiger charge is -2.14. The molecule has 0 aromatic carbocycles. The van der Waals surface area contributed by atoms with E-state index in [9.17, 15) is 4.79 Å². The molecule has 1 heterocycles.